The molecule has 0 spiro atoms. The molecule has 1 radical (unpaired) electrons. The van der Waals surface area contributed by atoms with Crippen LogP contribution in [0.4, 0.5) is 0 Å². The highest BCUT2D eigenvalue weighted by Crippen LogP contribution is 2.27. The van der Waals surface area contributed by atoms with E-state index in [9.17, 15) is 4.57 Å². The van der Waals surface area contributed by atoms with E-state index in [1.165, 1.54) is 0 Å². The minimum atomic E-state index is -2.05. The van der Waals surface area contributed by atoms with Crippen LogP contribution in [0.15, 0.2) is 48.5 Å². The second-order valence-corrected chi connectivity index (χ2v) is 6.31. The van der Waals surface area contributed by atoms with Crippen molar-refractivity contribution in [3.05, 3.63) is 70.7 Å². The molecule has 21 heavy (non-hydrogen) atoms. The molecule has 0 aliphatic carbocycles. The second kappa shape index (κ2) is 9.01. The quantitative estimate of drug-likeness (QED) is 0.535. The summed E-state index contributed by atoms with van der Waals surface area (Å²) >= 11 is 5.80. The summed E-state index contributed by atoms with van der Waals surface area (Å²) < 4.78 is 22.5. The molecule has 0 fully saturated rings. The van der Waals surface area contributed by atoms with Crippen LogP contribution in [-0.2, 0) is 26.6 Å². The third kappa shape index (κ3) is 6.45. The molecule has 2 aromatic carbocycles. The average molecular weight is 324 g/mol. The van der Waals surface area contributed by atoms with Gasteiger partial charge in [-0.2, -0.15) is 0 Å². The molecule has 2 rings (SSSR count). The van der Waals surface area contributed by atoms with Gasteiger partial charge in [0.05, 0.1) is 19.8 Å². The van der Waals surface area contributed by atoms with Crippen LogP contribution < -0.4 is 0 Å². The van der Waals surface area contributed by atoms with Crippen molar-refractivity contribution in [2.45, 2.75) is 12.8 Å². The van der Waals surface area contributed by atoms with Gasteiger partial charge in [-0.15, -0.1) is 0 Å². The van der Waals surface area contributed by atoms with Crippen LogP contribution in [0.5, 0.6) is 0 Å². The minimum absolute atomic E-state index is 0.338. The number of rotatable bonds is 8. The third-order valence-corrected chi connectivity index (χ3v) is 4.28. The van der Waals surface area contributed by atoms with Crippen molar-refractivity contribution in [1.29, 1.82) is 0 Å². The van der Waals surface area contributed by atoms with Crippen LogP contribution in [0.1, 0.15) is 11.1 Å². The molecular weight excluding hydrogens is 307 g/mol. The topological polar surface area (TPSA) is 35.5 Å². The van der Waals surface area contributed by atoms with Gasteiger partial charge < -0.3 is 9.26 Å². The van der Waals surface area contributed by atoms with E-state index in [4.69, 9.17) is 20.9 Å². The SMILES string of the molecule is O=[PH](Cc1cc[c]cc1)OCCOCc1ccc(Cl)cc1. The fraction of sp³-hybridized carbons (Fsp3) is 0.250. The molecule has 0 bridgehead atoms. The first-order valence-corrected chi connectivity index (χ1v) is 8.57. The molecular formula is C16H17ClO3P. The summed E-state index contributed by atoms with van der Waals surface area (Å²) in [7, 11) is -2.05. The molecule has 0 amide bonds. The standard InChI is InChI=1S/C16H17ClO3P/c17-16-8-6-14(7-9-16)12-19-10-11-20-21(18)13-15-4-2-1-3-5-15/h2-9,21H,10-13H2. The zero-order valence-corrected chi connectivity index (χ0v) is 13.3. The lowest BCUT2D eigenvalue weighted by atomic mass is 10.2. The van der Waals surface area contributed by atoms with Gasteiger partial charge in [0.1, 0.15) is 0 Å². The Labute approximate surface area is 130 Å². The Balaban J connectivity index is 1.59. The van der Waals surface area contributed by atoms with Gasteiger partial charge >= 0.3 is 0 Å². The number of hydrogen-bond acceptors (Lipinski definition) is 3. The highest BCUT2D eigenvalue weighted by atomic mass is 35.5. The Kier molecular flexibility index (Phi) is 6.98. The van der Waals surface area contributed by atoms with Crippen LogP contribution in [0.25, 0.3) is 0 Å². The normalized spacial score (nSPS) is 12.2. The predicted octanol–water partition coefficient (Wildman–Crippen LogP) is 4.35. The summed E-state index contributed by atoms with van der Waals surface area (Å²) in [6.07, 6.45) is 0.455. The van der Waals surface area contributed by atoms with Gasteiger partial charge in [0.25, 0.3) is 0 Å². The summed E-state index contributed by atoms with van der Waals surface area (Å²) in [6.45, 7) is 1.25. The molecule has 2 aromatic rings. The molecule has 1 unspecified atom stereocenters. The number of hydrogen-bond donors (Lipinski definition) is 0. The fourth-order valence-corrected chi connectivity index (χ4v) is 2.85. The Bertz CT molecular complexity index is 557. The largest absolute Gasteiger partial charge is 0.374 e. The Morgan fingerprint density at radius 1 is 1.00 bits per heavy atom. The Hall–Kier alpha value is -1.12. The van der Waals surface area contributed by atoms with Crippen LogP contribution in [0.2, 0.25) is 5.02 Å². The molecule has 0 aromatic heterocycles. The molecule has 3 nitrogen and oxygen atoms in total. The summed E-state index contributed by atoms with van der Waals surface area (Å²) in [4.78, 5) is 0. The van der Waals surface area contributed by atoms with E-state index >= 15 is 0 Å². The first kappa shape index (κ1) is 16.3. The van der Waals surface area contributed by atoms with Crippen molar-refractivity contribution < 1.29 is 13.8 Å². The van der Waals surface area contributed by atoms with Crippen molar-refractivity contribution in [3.63, 3.8) is 0 Å². The minimum Gasteiger partial charge on any atom is -0.374 e. The molecule has 0 heterocycles. The molecule has 1 atom stereocenters. The first-order chi connectivity index (χ1) is 10.2. The molecule has 0 saturated heterocycles. The third-order valence-electron chi connectivity index (χ3n) is 2.81. The van der Waals surface area contributed by atoms with Gasteiger partial charge in [-0.05, 0) is 29.3 Å². The molecule has 111 valence electrons. The highest BCUT2D eigenvalue weighted by molar-refractivity contribution is 7.38. The van der Waals surface area contributed by atoms with E-state index in [1.54, 1.807) is 12.1 Å². The second-order valence-electron chi connectivity index (χ2n) is 4.48. The van der Waals surface area contributed by atoms with E-state index in [-0.39, 0.29) is 0 Å². The van der Waals surface area contributed by atoms with E-state index in [0.717, 1.165) is 11.1 Å². The van der Waals surface area contributed by atoms with Crippen molar-refractivity contribution in [2.75, 3.05) is 13.2 Å². The van der Waals surface area contributed by atoms with Gasteiger partial charge in [0, 0.05) is 11.2 Å². The van der Waals surface area contributed by atoms with Gasteiger partial charge in [-0.1, -0.05) is 48.0 Å². The van der Waals surface area contributed by atoms with Crippen molar-refractivity contribution >= 4 is 19.6 Å². The summed E-state index contributed by atoms with van der Waals surface area (Å²) in [6, 6.07) is 17.8. The zero-order chi connectivity index (χ0) is 14.9. The van der Waals surface area contributed by atoms with Crippen LogP contribution in [-0.4, -0.2) is 13.2 Å². The fourth-order valence-electron chi connectivity index (χ4n) is 1.74. The van der Waals surface area contributed by atoms with Crippen molar-refractivity contribution in [3.8, 4) is 0 Å². The number of halogens is 1. The van der Waals surface area contributed by atoms with Crippen LogP contribution >= 0.6 is 19.6 Å². The molecule has 0 aliphatic heterocycles. The number of benzene rings is 2. The van der Waals surface area contributed by atoms with E-state index in [2.05, 4.69) is 6.07 Å². The van der Waals surface area contributed by atoms with Crippen LogP contribution in [0.3, 0.4) is 0 Å². The lowest BCUT2D eigenvalue weighted by Crippen LogP contribution is -2.01. The molecule has 0 saturated carbocycles. The summed E-state index contributed by atoms with van der Waals surface area (Å²) in [5, 5.41) is 0.708. The summed E-state index contributed by atoms with van der Waals surface area (Å²) in [5.74, 6) is 0. The average Bonchev–Trinajstić information content (AvgIpc) is 2.50. The maximum Gasteiger partial charge on any atom is 0.195 e. The molecule has 0 N–H and O–H groups in total. The zero-order valence-electron chi connectivity index (χ0n) is 11.5. The maximum atomic E-state index is 11.8. The smallest absolute Gasteiger partial charge is 0.195 e. The van der Waals surface area contributed by atoms with Crippen molar-refractivity contribution in [1.82, 2.24) is 0 Å². The summed E-state index contributed by atoms with van der Waals surface area (Å²) in [5.41, 5.74) is 2.05. The van der Waals surface area contributed by atoms with Crippen molar-refractivity contribution in [2.24, 2.45) is 0 Å². The lowest BCUT2D eigenvalue weighted by molar-refractivity contribution is 0.0913. The van der Waals surface area contributed by atoms with Gasteiger partial charge in [-0.3, -0.25) is 4.57 Å². The van der Waals surface area contributed by atoms with Gasteiger partial charge in [-0.25, -0.2) is 0 Å². The highest BCUT2D eigenvalue weighted by Gasteiger charge is 2.01. The van der Waals surface area contributed by atoms with Gasteiger partial charge in [0.15, 0.2) is 8.03 Å². The van der Waals surface area contributed by atoms with E-state index in [1.807, 2.05) is 36.4 Å². The molecule has 5 heteroatoms. The Morgan fingerprint density at radius 3 is 2.43 bits per heavy atom. The van der Waals surface area contributed by atoms with E-state index < -0.39 is 8.03 Å². The van der Waals surface area contributed by atoms with E-state index in [0.29, 0.717) is 31.0 Å². The maximum absolute atomic E-state index is 11.8. The van der Waals surface area contributed by atoms with Crippen LogP contribution in [0, 0.1) is 6.07 Å². The van der Waals surface area contributed by atoms with Gasteiger partial charge in [0.2, 0.25) is 0 Å². The lowest BCUT2D eigenvalue weighted by Gasteiger charge is -2.06. The number of ether oxygens (including phenoxy) is 1. The molecule has 0 aliphatic rings. The Morgan fingerprint density at radius 2 is 1.71 bits per heavy atom. The first-order valence-electron chi connectivity index (χ1n) is 6.67. The predicted molar refractivity (Wildman–Crippen MR) is 85.0 cm³/mol. The monoisotopic (exact) mass is 323 g/mol.